The Hall–Kier alpha value is -2.23. The van der Waals surface area contributed by atoms with Crippen molar-refractivity contribution < 1.29 is 93.9 Å². The van der Waals surface area contributed by atoms with Crippen LogP contribution in [0.4, 0.5) is 0 Å². The highest BCUT2D eigenvalue weighted by molar-refractivity contribution is 5.80. The summed E-state index contributed by atoms with van der Waals surface area (Å²) in [5, 5.41) is 118. The Kier molecular flexibility index (Phi) is 38.5. The van der Waals surface area contributed by atoms with Gasteiger partial charge in [-0.05, 0) is 25.7 Å². The number of amides is 3. The fourth-order valence-electron chi connectivity index (χ4n) is 11.4. The van der Waals surface area contributed by atoms with Crippen LogP contribution in [0.3, 0.4) is 0 Å². The SMILES string of the molecule is CCCCCCCCCCCCCCCCCC[C@@H](O)C(=O)N[C@@H](CO[C@@H]1O[C@H](CO)[C@@H](O[C@@H]2O[C@H](CO)[C@H](O)[C@H](O)[C@H]2NC(C)=O)[C@H](O[C@H]2O[C@H](C)[C@H](O)[C@H](O)[C@H]2O)[C@H]1NC(C)=O)[C@H](O)[C@H](O)CCCCCCCCCCCCC(C)C. The Morgan fingerprint density at radius 1 is 0.494 bits per heavy atom. The minimum absolute atomic E-state index is 0.144. The van der Waals surface area contributed by atoms with Gasteiger partial charge >= 0.3 is 0 Å². The normalized spacial score (nSPS) is 30.0. The van der Waals surface area contributed by atoms with Gasteiger partial charge in [0.1, 0.15) is 79.2 Å². The summed E-state index contributed by atoms with van der Waals surface area (Å²) in [5.41, 5.74) is 0. The van der Waals surface area contributed by atoms with Gasteiger partial charge in [-0.3, -0.25) is 14.4 Å². The van der Waals surface area contributed by atoms with Crippen molar-refractivity contribution in [1.29, 1.82) is 0 Å². The molecule has 0 saturated carbocycles. The zero-order valence-electron chi connectivity index (χ0n) is 51.3. The molecule has 0 spiro atoms. The largest absolute Gasteiger partial charge is 0.394 e. The minimum Gasteiger partial charge on any atom is -0.394 e. The lowest BCUT2D eigenvalue weighted by Gasteiger charge is -2.50. The predicted molar refractivity (Wildman–Crippen MR) is 311 cm³/mol. The van der Waals surface area contributed by atoms with E-state index in [-0.39, 0.29) is 12.8 Å². The Balaban J connectivity index is 1.79. The molecule has 83 heavy (non-hydrogen) atoms. The first kappa shape index (κ1) is 75.0. The van der Waals surface area contributed by atoms with Gasteiger partial charge in [-0.25, -0.2) is 0 Å². The van der Waals surface area contributed by atoms with Crippen LogP contribution >= 0.6 is 0 Å². The second-order valence-corrected chi connectivity index (χ2v) is 24.4. The lowest BCUT2D eigenvalue weighted by molar-refractivity contribution is -0.366. The van der Waals surface area contributed by atoms with E-state index in [4.69, 9.17) is 28.4 Å². The summed E-state index contributed by atoms with van der Waals surface area (Å²) in [7, 11) is 0. The zero-order chi connectivity index (χ0) is 61.3. The summed E-state index contributed by atoms with van der Waals surface area (Å²) in [5.74, 6) is -1.47. The third-order valence-corrected chi connectivity index (χ3v) is 16.6. The minimum atomic E-state index is -1.92. The number of carbonyl (C=O) groups excluding carboxylic acids is 3. The van der Waals surface area contributed by atoms with Crippen LogP contribution in [-0.4, -0.2) is 205 Å². The molecule has 19 atom stereocenters. The molecule has 0 unspecified atom stereocenters. The zero-order valence-corrected chi connectivity index (χ0v) is 51.3. The number of nitrogens with one attached hydrogen (secondary N) is 3. The van der Waals surface area contributed by atoms with Crippen molar-refractivity contribution in [2.24, 2.45) is 5.92 Å². The van der Waals surface area contributed by atoms with Gasteiger partial charge in [-0.1, -0.05) is 194 Å². The topological polar surface area (TPSA) is 345 Å². The Labute approximate surface area is 495 Å². The van der Waals surface area contributed by atoms with Crippen LogP contribution in [0, 0.1) is 5.92 Å². The molecule has 0 bridgehead atoms. The van der Waals surface area contributed by atoms with Gasteiger partial charge in [0.15, 0.2) is 18.9 Å². The van der Waals surface area contributed by atoms with E-state index in [0.717, 1.165) is 71.1 Å². The lowest BCUT2D eigenvalue weighted by atomic mass is 9.93. The van der Waals surface area contributed by atoms with Crippen LogP contribution in [-0.2, 0) is 42.8 Å². The van der Waals surface area contributed by atoms with E-state index in [1.54, 1.807) is 0 Å². The number of carbonyl (C=O) groups is 3. The molecule has 0 aromatic carbocycles. The van der Waals surface area contributed by atoms with Crippen molar-refractivity contribution in [3.63, 3.8) is 0 Å². The van der Waals surface area contributed by atoms with Crippen LogP contribution in [0.5, 0.6) is 0 Å². The second kappa shape index (κ2) is 42.6. The van der Waals surface area contributed by atoms with Crippen molar-refractivity contribution in [2.75, 3.05) is 19.8 Å². The predicted octanol–water partition coefficient (Wildman–Crippen LogP) is 4.32. The summed E-state index contributed by atoms with van der Waals surface area (Å²) < 4.78 is 36.9. The highest BCUT2D eigenvalue weighted by Crippen LogP contribution is 2.34. The van der Waals surface area contributed by atoms with E-state index in [1.807, 2.05) is 0 Å². The van der Waals surface area contributed by atoms with Crippen LogP contribution in [0.15, 0.2) is 0 Å². The second-order valence-electron chi connectivity index (χ2n) is 24.4. The maximum Gasteiger partial charge on any atom is 0.249 e. The standard InChI is InChI=1S/C61H115N3O19/c1-7-8-9-10-11-12-13-14-15-16-17-18-23-26-29-32-35-45(70)58(77)64-43(51(72)44(69)34-31-28-25-22-20-19-21-24-27-30-33-39(2)3)38-78-59-49(63-42(6)68)57(83-61-55(76)54(75)50(71)40(4)79-61)56(47(37-66)81-59)82-60-48(62-41(5)67)53(74)52(73)46(36-65)80-60/h39-40,43-57,59-61,65-66,69-76H,7-38H2,1-6H3,(H,62,67)(H,63,68)(H,64,77)/t40-,43+,44-,45-,46-,47-,48-,49-,50+,51+,52+,53-,54+,55-,56-,57-,59-,60+,61-/m1/s1. The first-order chi connectivity index (χ1) is 39.7. The van der Waals surface area contributed by atoms with Crippen molar-refractivity contribution in [1.82, 2.24) is 16.0 Å². The number of hydrogen-bond donors (Lipinski definition) is 13. The number of aliphatic hydroxyl groups is 10. The molecule has 3 aliphatic heterocycles. The molecule has 0 aromatic rings. The lowest BCUT2D eigenvalue weighted by Crippen LogP contribution is -2.71. The van der Waals surface area contributed by atoms with Gasteiger partial charge < -0.3 is 95.4 Å². The third kappa shape index (κ3) is 27.8. The van der Waals surface area contributed by atoms with Crippen LogP contribution in [0.25, 0.3) is 0 Å². The molecule has 0 radical (unpaired) electrons. The molecular formula is C61H115N3O19. The van der Waals surface area contributed by atoms with E-state index < -0.39 is 154 Å². The molecule has 3 fully saturated rings. The van der Waals surface area contributed by atoms with Crippen molar-refractivity contribution in [2.45, 2.75) is 344 Å². The monoisotopic (exact) mass is 1190 g/mol. The van der Waals surface area contributed by atoms with Gasteiger partial charge in [0.2, 0.25) is 17.7 Å². The summed E-state index contributed by atoms with van der Waals surface area (Å²) in [6, 6.07) is -4.44. The van der Waals surface area contributed by atoms with E-state index in [1.165, 1.54) is 116 Å². The Bertz CT molecular complexity index is 1710. The molecule has 3 rings (SSSR count). The smallest absolute Gasteiger partial charge is 0.249 e. The van der Waals surface area contributed by atoms with E-state index >= 15 is 0 Å². The van der Waals surface area contributed by atoms with E-state index in [2.05, 4.69) is 36.7 Å². The molecule has 22 heteroatoms. The number of rotatable bonds is 45. The maximum atomic E-state index is 13.8. The van der Waals surface area contributed by atoms with Crippen molar-refractivity contribution in [3.05, 3.63) is 0 Å². The fraction of sp³-hybridized carbons (Fsp3) is 0.951. The Morgan fingerprint density at radius 2 is 0.940 bits per heavy atom. The quantitative estimate of drug-likeness (QED) is 0.0378. The molecule has 3 heterocycles. The molecular weight excluding hydrogens is 1080 g/mol. The number of aliphatic hydroxyl groups excluding tert-OH is 10. The Morgan fingerprint density at radius 3 is 1.42 bits per heavy atom. The van der Waals surface area contributed by atoms with E-state index in [9.17, 15) is 65.4 Å². The van der Waals surface area contributed by atoms with Gasteiger partial charge in [-0.15, -0.1) is 0 Å². The van der Waals surface area contributed by atoms with Crippen LogP contribution < -0.4 is 16.0 Å². The van der Waals surface area contributed by atoms with Gasteiger partial charge in [0, 0.05) is 13.8 Å². The molecule has 3 aliphatic rings. The first-order valence-corrected chi connectivity index (χ1v) is 32.2. The van der Waals surface area contributed by atoms with Crippen molar-refractivity contribution in [3.8, 4) is 0 Å². The van der Waals surface area contributed by atoms with Crippen molar-refractivity contribution >= 4 is 17.7 Å². The summed E-state index contributed by atoms with van der Waals surface area (Å²) >= 11 is 0. The summed E-state index contributed by atoms with van der Waals surface area (Å²) in [6.07, 6.45) is 5.08. The summed E-state index contributed by atoms with van der Waals surface area (Å²) in [4.78, 5) is 39.3. The molecule has 488 valence electrons. The third-order valence-electron chi connectivity index (χ3n) is 16.6. The molecule has 0 aliphatic carbocycles. The van der Waals surface area contributed by atoms with Crippen LogP contribution in [0.1, 0.15) is 228 Å². The molecule has 13 N–H and O–H groups in total. The van der Waals surface area contributed by atoms with Gasteiger partial charge in [-0.2, -0.15) is 0 Å². The van der Waals surface area contributed by atoms with Gasteiger partial charge in [0.05, 0.1) is 38.1 Å². The molecule has 0 aromatic heterocycles. The number of unbranched alkanes of at least 4 members (excludes halogenated alkanes) is 24. The molecule has 3 amide bonds. The average Bonchev–Trinajstić information content (AvgIpc) is 3.27. The summed E-state index contributed by atoms with van der Waals surface area (Å²) in [6.45, 7) is 8.10. The molecule has 22 nitrogen and oxygen atoms in total. The highest BCUT2D eigenvalue weighted by atomic mass is 16.8. The number of hydrogen-bond acceptors (Lipinski definition) is 19. The van der Waals surface area contributed by atoms with Crippen LogP contribution in [0.2, 0.25) is 0 Å². The maximum absolute atomic E-state index is 13.8. The van der Waals surface area contributed by atoms with E-state index in [0.29, 0.717) is 12.8 Å². The van der Waals surface area contributed by atoms with Gasteiger partial charge in [0.25, 0.3) is 0 Å². The first-order valence-electron chi connectivity index (χ1n) is 32.2. The number of ether oxygens (including phenoxy) is 6. The highest BCUT2D eigenvalue weighted by Gasteiger charge is 2.55. The average molecular weight is 1190 g/mol. The fourth-order valence-corrected chi connectivity index (χ4v) is 11.4. The molecule has 3 saturated heterocycles.